The number of nitrogens with zero attached hydrogens (tertiary/aromatic N) is 2. The number of rotatable bonds is 5. The molecular weight excluding hydrogens is 336 g/mol. The maximum Gasteiger partial charge on any atom is 0.269 e. The van der Waals surface area contributed by atoms with Gasteiger partial charge in [-0.25, -0.2) is 0 Å². The minimum Gasteiger partial charge on any atom is -0.486 e. The van der Waals surface area contributed by atoms with Crippen LogP contribution in [0.25, 0.3) is 0 Å². The summed E-state index contributed by atoms with van der Waals surface area (Å²) in [6.45, 7) is 2.86. The predicted molar refractivity (Wildman–Crippen MR) is 95.4 cm³/mol. The SMILES string of the molecule is CC(c1cccc([N+](=O)[O-])c1)N(C)C(=O)Cc1ccc2c(c1)OCCO2. The van der Waals surface area contributed by atoms with Crippen molar-refractivity contribution in [3.8, 4) is 11.5 Å². The topological polar surface area (TPSA) is 81.9 Å². The molecular formula is C19H20N2O5. The maximum absolute atomic E-state index is 12.6. The summed E-state index contributed by atoms with van der Waals surface area (Å²) in [6.07, 6.45) is 0.215. The van der Waals surface area contributed by atoms with Crippen molar-refractivity contribution in [3.63, 3.8) is 0 Å². The smallest absolute Gasteiger partial charge is 0.269 e. The first-order valence-electron chi connectivity index (χ1n) is 8.34. The molecule has 2 aromatic rings. The highest BCUT2D eigenvalue weighted by atomic mass is 16.6. The Hall–Kier alpha value is -3.09. The molecule has 0 aliphatic carbocycles. The first-order chi connectivity index (χ1) is 12.5. The number of hydrogen-bond donors (Lipinski definition) is 0. The standard InChI is InChI=1S/C19H20N2O5/c1-13(15-4-3-5-16(12-15)21(23)24)20(2)19(22)11-14-6-7-17-18(10-14)26-9-8-25-17/h3-7,10,12-13H,8-9,11H2,1-2H3. The van der Waals surface area contributed by atoms with Crippen molar-refractivity contribution in [2.75, 3.05) is 20.3 Å². The molecule has 0 saturated carbocycles. The van der Waals surface area contributed by atoms with Gasteiger partial charge >= 0.3 is 0 Å². The van der Waals surface area contributed by atoms with Gasteiger partial charge in [0.1, 0.15) is 13.2 Å². The number of carbonyl (C=O) groups is 1. The van der Waals surface area contributed by atoms with Crippen molar-refractivity contribution >= 4 is 11.6 Å². The van der Waals surface area contributed by atoms with E-state index in [0.29, 0.717) is 24.7 Å². The number of hydrogen-bond acceptors (Lipinski definition) is 5. The van der Waals surface area contributed by atoms with Crippen LogP contribution in [0.15, 0.2) is 42.5 Å². The second kappa shape index (κ2) is 7.43. The first kappa shape index (κ1) is 17.7. The van der Waals surface area contributed by atoms with Crippen LogP contribution in [0.4, 0.5) is 5.69 Å². The monoisotopic (exact) mass is 356 g/mol. The van der Waals surface area contributed by atoms with E-state index in [1.807, 2.05) is 19.1 Å². The second-order valence-electron chi connectivity index (χ2n) is 6.19. The van der Waals surface area contributed by atoms with Gasteiger partial charge in [-0.2, -0.15) is 0 Å². The Labute approximate surface area is 151 Å². The Balaban J connectivity index is 1.71. The zero-order chi connectivity index (χ0) is 18.7. The fraction of sp³-hybridized carbons (Fsp3) is 0.316. The minimum atomic E-state index is -0.437. The summed E-state index contributed by atoms with van der Waals surface area (Å²) in [5, 5.41) is 10.9. The summed E-state index contributed by atoms with van der Waals surface area (Å²) in [5.74, 6) is 1.25. The summed E-state index contributed by atoms with van der Waals surface area (Å²) >= 11 is 0. The Morgan fingerprint density at radius 3 is 2.65 bits per heavy atom. The summed E-state index contributed by atoms with van der Waals surface area (Å²) < 4.78 is 11.0. The van der Waals surface area contributed by atoms with E-state index >= 15 is 0 Å². The average Bonchev–Trinajstić information content (AvgIpc) is 2.66. The molecule has 0 N–H and O–H groups in total. The molecule has 136 valence electrons. The van der Waals surface area contributed by atoms with Crippen LogP contribution in [0.2, 0.25) is 0 Å². The number of benzene rings is 2. The van der Waals surface area contributed by atoms with Crippen LogP contribution in [0, 0.1) is 10.1 Å². The molecule has 0 radical (unpaired) electrons. The zero-order valence-corrected chi connectivity index (χ0v) is 14.7. The minimum absolute atomic E-state index is 0.0158. The molecule has 1 aliphatic rings. The van der Waals surface area contributed by atoms with Crippen LogP contribution < -0.4 is 9.47 Å². The number of non-ortho nitro benzene ring substituents is 1. The molecule has 0 bridgehead atoms. The van der Waals surface area contributed by atoms with Crippen LogP contribution in [0.3, 0.4) is 0 Å². The quantitative estimate of drug-likeness (QED) is 0.607. The highest BCUT2D eigenvalue weighted by Crippen LogP contribution is 2.31. The van der Waals surface area contributed by atoms with Crippen molar-refractivity contribution in [2.45, 2.75) is 19.4 Å². The Morgan fingerprint density at radius 2 is 1.92 bits per heavy atom. The van der Waals surface area contributed by atoms with Gasteiger partial charge in [0.15, 0.2) is 11.5 Å². The number of ether oxygens (including phenoxy) is 2. The molecule has 0 fully saturated rings. The summed E-state index contributed by atoms with van der Waals surface area (Å²) in [6, 6.07) is 11.5. The van der Waals surface area contributed by atoms with Gasteiger partial charge in [0, 0.05) is 19.2 Å². The van der Waals surface area contributed by atoms with E-state index in [4.69, 9.17) is 9.47 Å². The van der Waals surface area contributed by atoms with E-state index in [-0.39, 0.29) is 24.1 Å². The van der Waals surface area contributed by atoms with E-state index in [0.717, 1.165) is 11.1 Å². The Bertz CT molecular complexity index is 836. The van der Waals surface area contributed by atoms with Crippen molar-refractivity contribution in [1.82, 2.24) is 4.90 Å². The van der Waals surface area contributed by atoms with Crippen LogP contribution in [-0.4, -0.2) is 36.0 Å². The van der Waals surface area contributed by atoms with E-state index in [9.17, 15) is 14.9 Å². The second-order valence-corrected chi connectivity index (χ2v) is 6.19. The van der Waals surface area contributed by atoms with Crippen molar-refractivity contribution in [2.24, 2.45) is 0 Å². The molecule has 1 heterocycles. The first-order valence-corrected chi connectivity index (χ1v) is 8.34. The average molecular weight is 356 g/mol. The van der Waals surface area contributed by atoms with Gasteiger partial charge in [0.25, 0.3) is 5.69 Å². The third-order valence-corrected chi connectivity index (χ3v) is 4.50. The van der Waals surface area contributed by atoms with Crippen LogP contribution in [0.1, 0.15) is 24.1 Å². The Kier molecular flexibility index (Phi) is 5.06. The fourth-order valence-corrected chi connectivity index (χ4v) is 2.83. The maximum atomic E-state index is 12.6. The molecule has 7 nitrogen and oxygen atoms in total. The number of carbonyl (C=O) groups excluding carboxylic acids is 1. The summed E-state index contributed by atoms with van der Waals surface area (Å²) in [7, 11) is 1.70. The lowest BCUT2D eigenvalue weighted by molar-refractivity contribution is -0.384. The van der Waals surface area contributed by atoms with Crippen molar-refractivity contribution in [3.05, 3.63) is 63.7 Å². The largest absolute Gasteiger partial charge is 0.486 e. The zero-order valence-electron chi connectivity index (χ0n) is 14.7. The van der Waals surface area contributed by atoms with E-state index < -0.39 is 4.92 Å². The van der Waals surface area contributed by atoms with E-state index in [1.54, 1.807) is 30.1 Å². The number of nitro groups is 1. The number of nitro benzene ring substituents is 1. The molecule has 0 spiro atoms. The lowest BCUT2D eigenvalue weighted by Gasteiger charge is -2.25. The molecule has 7 heteroatoms. The molecule has 1 aliphatic heterocycles. The van der Waals surface area contributed by atoms with Gasteiger partial charge in [-0.1, -0.05) is 18.2 Å². The van der Waals surface area contributed by atoms with Crippen molar-refractivity contribution < 1.29 is 19.2 Å². The molecule has 2 aromatic carbocycles. The third-order valence-electron chi connectivity index (χ3n) is 4.50. The molecule has 1 unspecified atom stereocenters. The normalized spacial score (nSPS) is 13.8. The van der Waals surface area contributed by atoms with Gasteiger partial charge in [-0.05, 0) is 30.2 Å². The number of likely N-dealkylation sites (N-methyl/N-ethyl adjacent to an activating group) is 1. The molecule has 0 aromatic heterocycles. The van der Waals surface area contributed by atoms with Crippen LogP contribution >= 0.6 is 0 Å². The van der Waals surface area contributed by atoms with Gasteiger partial charge in [0.2, 0.25) is 5.91 Å². The lowest BCUT2D eigenvalue weighted by Crippen LogP contribution is -2.31. The number of amides is 1. The lowest BCUT2D eigenvalue weighted by atomic mass is 10.0. The van der Waals surface area contributed by atoms with Crippen molar-refractivity contribution in [1.29, 1.82) is 0 Å². The highest BCUT2D eigenvalue weighted by molar-refractivity contribution is 5.79. The van der Waals surface area contributed by atoms with Crippen LogP contribution in [0.5, 0.6) is 11.5 Å². The molecule has 0 saturated heterocycles. The Morgan fingerprint density at radius 1 is 1.19 bits per heavy atom. The van der Waals surface area contributed by atoms with Gasteiger partial charge in [-0.3, -0.25) is 14.9 Å². The highest BCUT2D eigenvalue weighted by Gasteiger charge is 2.20. The molecule has 1 atom stereocenters. The van der Waals surface area contributed by atoms with Gasteiger partial charge in [-0.15, -0.1) is 0 Å². The van der Waals surface area contributed by atoms with Gasteiger partial charge < -0.3 is 14.4 Å². The van der Waals surface area contributed by atoms with E-state index in [2.05, 4.69) is 0 Å². The fourth-order valence-electron chi connectivity index (χ4n) is 2.83. The summed E-state index contributed by atoms with van der Waals surface area (Å²) in [5.41, 5.74) is 1.57. The predicted octanol–water partition coefficient (Wildman–Crippen LogP) is 3.13. The summed E-state index contributed by atoms with van der Waals surface area (Å²) in [4.78, 5) is 24.7. The molecule has 1 amide bonds. The van der Waals surface area contributed by atoms with E-state index in [1.165, 1.54) is 12.1 Å². The number of fused-ring (bicyclic) bond motifs is 1. The molecule has 3 rings (SSSR count). The third kappa shape index (κ3) is 3.77. The van der Waals surface area contributed by atoms with Gasteiger partial charge in [0.05, 0.1) is 17.4 Å². The van der Waals surface area contributed by atoms with Crippen LogP contribution in [-0.2, 0) is 11.2 Å². The molecule has 26 heavy (non-hydrogen) atoms.